The molecular weight excluding hydrogens is 206 g/mol. The van der Waals surface area contributed by atoms with Crippen molar-refractivity contribution in [2.75, 3.05) is 7.05 Å². The summed E-state index contributed by atoms with van der Waals surface area (Å²) < 4.78 is 0. The number of hydrogen-bond acceptors (Lipinski definition) is 4. The van der Waals surface area contributed by atoms with Crippen LogP contribution >= 0.6 is 11.3 Å². The zero-order chi connectivity index (χ0) is 10.7. The summed E-state index contributed by atoms with van der Waals surface area (Å²) in [5.74, 6) is 0. The summed E-state index contributed by atoms with van der Waals surface area (Å²) in [5.41, 5.74) is 7.81. The van der Waals surface area contributed by atoms with Gasteiger partial charge in [-0.25, -0.2) is 0 Å². The van der Waals surface area contributed by atoms with Gasteiger partial charge in [0.05, 0.1) is 5.51 Å². The lowest BCUT2D eigenvalue weighted by Gasteiger charge is -2.33. The van der Waals surface area contributed by atoms with E-state index in [-0.39, 0.29) is 0 Å². The molecule has 1 fully saturated rings. The quantitative estimate of drug-likeness (QED) is 0.853. The van der Waals surface area contributed by atoms with Crippen LogP contribution in [0.5, 0.6) is 0 Å². The number of nitrogens with zero attached hydrogens (tertiary/aromatic N) is 2. The first-order valence-corrected chi connectivity index (χ1v) is 6.47. The Balaban J connectivity index is 1.83. The first-order valence-electron chi connectivity index (χ1n) is 5.59. The minimum atomic E-state index is 0.443. The number of thiazole rings is 1. The van der Waals surface area contributed by atoms with Crippen LogP contribution in [0.15, 0.2) is 11.7 Å². The van der Waals surface area contributed by atoms with E-state index in [4.69, 9.17) is 5.73 Å². The van der Waals surface area contributed by atoms with Crippen LogP contribution in [0, 0.1) is 0 Å². The van der Waals surface area contributed by atoms with Gasteiger partial charge in [-0.1, -0.05) is 0 Å². The van der Waals surface area contributed by atoms with Crippen LogP contribution in [-0.4, -0.2) is 29.0 Å². The molecule has 0 unspecified atom stereocenters. The van der Waals surface area contributed by atoms with Crippen LogP contribution in [0.2, 0.25) is 0 Å². The van der Waals surface area contributed by atoms with Gasteiger partial charge in [0.2, 0.25) is 0 Å². The Labute approximate surface area is 95.3 Å². The summed E-state index contributed by atoms with van der Waals surface area (Å²) >= 11 is 1.74. The monoisotopic (exact) mass is 225 g/mol. The summed E-state index contributed by atoms with van der Waals surface area (Å²) in [4.78, 5) is 7.90. The first kappa shape index (κ1) is 11.0. The van der Waals surface area contributed by atoms with Crippen LogP contribution in [0.4, 0.5) is 0 Å². The highest BCUT2D eigenvalue weighted by molar-refractivity contribution is 7.09. The summed E-state index contributed by atoms with van der Waals surface area (Å²) in [6.45, 7) is 1.03. The van der Waals surface area contributed by atoms with Crippen LogP contribution in [0.3, 0.4) is 0 Å². The molecule has 3 nitrogen and oxygen atoms in total. The van der Waals surface area contributed by atoms with Crippen molar-refractivity contribution >= 4 is 11.3 Å². The summed E-state index contributed by atoms with van der Waals surface area (Å²) in [7, 11) is 2.21. The Bertz CT molecular complexity index is 278. The zero-order valence-corrected chi connectivity index (χ0v) is 10.0. The molecule has 0 amide bonds. The van der Waals surface area contributed by atoms with Gasteiger partial charge >= 0.3 is 0 Å². The highest BCUT2D eigenvalue weighted by atomic mass is 32.1. The van der Waals surface area contributed by atoms with Gasteiger partial charge in [0.25, 0.3) is 0 Å². The van der Waals surface area contributed by atoms with Crippen molar-refractivity contribution in [2.24, 2.45) is 5.73 Å². The van der Waals surface area contributed by atoms with Crippen LogP contribution < -0.4 is 5.73 Å². The lowest BCUT2D eigenvalue weighted by Crippen LogP contribution is -2.38. The van der Waals surface area contributed by atoms with Crippen molar-refractivity contribution in [2.45, 2.75) is 44.3 Å². The molecule has 0 aliphatic heterocycles. The lowest BCUT2D eigenvalue weighted by atomic mass is 9.91. The molecule has 1 aliphatic carbocycles. The highest BCUT2D eigenvalue weighted by Gasteiger charge is 2.21. The molecule has 2 rings (SSSR count). The molecule has 0 aromatic carbocycles. The molecule has 4 heteroatoms. The van der Waals surface area contributed by atoms with Gasteiger partial charge in [0.15, 0.2) is 0 Å². The first-order chi connectivity index (χ1) is 7.25. The lowest BCUT2D eigenvalue weighted by molar-refractivity contribution is 0.177. The predicted molar refractivity (Wildman–Crippen MR) is 63.8 cm³/mol. The molecule has 1 heterocycles. The maximum atomic E-state index is 5.91. The average Bonchev–Trinajstić information content (AvgIpc) is 2.71. The highest BCUT2D eigenvalue weighted by Crippen LogP contribution is 2.22. The minimum Gasteiger partial charge on any atom is -0.328 e. The Morgan fingerprint density at radius 2 is 2.20 bits per heavy atom. The molecule has 0 saturated heterocycles. The van der Waals surface area contributed by atoms with E-state index >= 15 is 0 Å². The average molecular weight is 225 g/mol. The van der Waals surface area contributed by atoms with Crippen molar-refractivity contribution in [3.63, 3.8) is 0 Å². The zero-order valence-electron chi connectivity index (χ0n) is 9.22. The van der Waals surface area contributed by atoms with E-state index in [1.165, 1.54) is 30.6 Å². The smallest absolute Gasteiger partial charge is 0.0794 e. The molecule has 84 valence electrons. The molecule has 1 aromatic rings. The Kier molecular flexibility index (Phi) is 3.72. The molecule has 0 radical (unpaired) electrons. The molecule has 15 heavy (non-hydrogen) atoms. The molecule has 1 aliphatic rings. The maximum Gasteiger partial charge on any atom is 0.0794 e. The number of hydrogen-bond donors (Lipinski definition) is 1. The Morgan fingerprint density at radius 1 is 1.47 bits per heavy atom. The van der Waals surface area contributed by atoms with Crippen LogP contribution in [-0.2, 0) is 6.54 Å². The normalized spacial score (nSPS) is 27.1. The van der Waals surface area contributed by atoms with E-state index in [1.807, 2.05) is 11.7 Å². The van der Waals surface area contributed by atoms with Gasteiger partial charge < -0.3 is 5.73 Å². The molecular formula is C11H19N3S. The van der Waals surface area contributed by atoms with Gasteiger partial charge in [-0.3, -0.25) is 9.88 Å². The molecule has 1 saturated carbocycles. The fourth-order valence-electron chi connectivity index (χ4n) is 2.24. The third kappa shape index (κ3) is 3.00. The molecule has 0 bridgehead atoms. The molecule has 0 atom stereocenters. The Morgan fingerprint density at radius 3 is 2.80 bits per heavy atom. The van der Waals surface area contributed by atoms with Crippen molar-refractivity contribution in [1.29, 1.82) is 0 Å². The van der Waals surface area contributed by atoms with Gasteiger partial charge in [0, 0.05) is 29.7 Å². The van der Waals surface area contributed by atoms with Crippen LogP contribution in [0.25, 0.3) is 0 Å². The maximum absolute atomic E-state index is 5.91. The summed E-state index contributed by atoms with van der Waals surface area (Å²) in [6.07, 6.45) is 6.82. The SMILES string of the molecule is CN(Cc1cncs1)C1CCC(N)CC1. The molecule has 2 N–H and O–H groups in total. The van der Waals surface area contributed by atoms with Gasteiger partial charge in [-0.05, 0) is 32.7 Å². The number of aromatic nitrogens is 1. The minimum absolute atomic E-state index is 0.443. The fraction of sp³-hybridized carbons (Fsp3) is 0.727. The third-order valence-electron chi connectivity index (χ3n) is 3.25. The van der Waals surface area contributed by atoms with Gasteiger partial charge in [-0.15, -0.1) is 11.3 Å². The van der Waals surface area contributed by atoms with Crippen LogP contribution in [0.1, 0.15) is 30.6 Å². The summed E-state index contributed by atoms with van der Waals surface area (Å²) in [5, 5.41) is 0. The summed E-state index contributed by atoms with van der Waals surface area (Å²) in [6, 6.07) is 1.16. The largest absolute Gasteiger partial charge is 0.328 e. The second kappa shape index (κ2) is 5.05. The van der Waals surface area contributed by atoms with E-state index < -0.39 is 0 Å². The Hall–Kier alpha value is -0.450. The van der Waals surface area contributed by atoms with Crippen molar-refractivity contribution in [3.8, 4) is 0 Å². The van der Waals surface area contributed by atoms with Gasteiger partial charge in [-0.2, -0.15) is 0 Å². The fourth-order valence-corrected chi connectivity index (χ4v) is 2.89. The molecule has 1 aromatic heterocycles. The van der Waals surface area contributed by atoms with Crippen molar-refractivity contribution in [3.05, 3.63) is 16.6 Å². The van der Waals surface area contributed by atoms with Crippen molar-refractivity contribution < 1.29 is 0 Å². The van der Waals surface area contributed by atoms with E-state index in [9.17, 15) is 0 Å². The predicted octanol–water partition coefficient (Wildman–Crippen LogP) is 1.84. The third-order valence-corrected chi connectivity index (χ3v) is 4.02. The number of nitrogens with two attached hydrogens (primary N) is 1. The van der Waals surface area contributed by atoms with E-state index in [0.29, 0.717) is 12.1 Å². The molecule has 0 spiro atoms. The standard InChI is InChI=1S/C11H19N3S/c1-14(7-11-6-13-8-15-11)10-4-2-9(12)3-5-10/h6,8-10H,2-5,7,12H2,1H3. The second-order valence-electron chi connectivity index (χ2n) is 4.45. The number of rotatable bonds is 3. The van der Waals surface area contributed by atoms with E-state index in [0.717, 1.165) is 6.54 Å². The van der Waals surface area contributed by atoms with Crippen molar-refractivity contribution in [1.82, 2.24) is 9.88 Å². The van der Waals surface area contributed by atoms with E-state index in [2.05, 4.69) is 16.9 Å². The topological polar surface area (TPSA) is 42.2 Å². The van der Waals surface area contributed by atoms with E-state index in [1.54, 1.807) is 11.3 Å². The second-order valence-corrected chi connectivity index (χ2v) is 5.42. The van der Waals surface area contributed by atoms with Gasteiger partial charge in [0.1, 0.15) is 0 Å².